The lowest BCUT2D eigenvalue weighted by atomic mass is 10.2. The maximum atomic E-state index is 11.8. The molecule has 0 saturated carbocycles. The zero-order valence-corrected chi connectivity index (χ0v) is 16.0. The number of thioether (sulfide) groups is 1. The molecule has 3 rings (SSSR count). The largest absolute Gasteiger partial charge is 0.466 e. The quantitative estimate of drug-likeness (QED) is 0.360. The smallest absolute Gasteiger partial charge is 0.331 e. The Labute approximate surface area is 161 Å². The first kappa shape index (κ1) is 19.1. The van der Waals surface area contributed by atoms with Crippen molar-refractivity contribution in [2.24, 2.45) is 10.2 Å². The molecule has 2 heterocycles. The molecule has 1 aromatic rings. The summed E-state index contributed by atoms with van der Waals surface area (Å²) in [5.41, 5.74) is 2.09. The number of benzene rings is 1. The number of nitrogens with one attached hydrogen (secondary N) is 1. The third-order valence-corrected chi connectivity index (χ3v) is 5.10. The van der Waals surface area contributed by atoms with Crippen molar-refractivity contribution in [3.05, 3.63) is 40.8 Å². The van der Waals surface area contributed by atoms with Gasteiger partial charge in [-0.3, -0.25) is 10.1 Å². The summed E-state index contributed by atoms with van der Waals surface area (Å²) in [5.74, 6) is -0.977. The van der Waals surface area contributed by atoms with Gasteiger partial charge < -0.3 is 14.5 Å². The van der Waals surface area contributed by atoms with Crippen LogP contribution in [0.5, 0.6) is 0 Å². The van der Waals surface area contributed by atoms with Crippen LogP contribution in [0.15, 0.2) is 45.4 Å². The Bertz CT molecular complexity index is 813. The molecular formula is C18H21N5O3S. The molecule has 142 valence electrons. The van der Waals surface area contributed by atoms with Crippen molar-refractivity contribution in [3.63, 3.8) is 0 Å². The number of nitrogens with zero attached hydrogens (tertiary/aromatic N) is 4. The molecular weight excluding hydrogens is 366 g/mol. The first-order valence-corrected chi connectivity index (χ1v) is 9.30. The highest BCUT2D eigenvalue weighted by atomic mass is 32.2. The number of rotatable bonds is 4. The number of piperazine rings is 1. The first-order valence-electron chi connectivity index (χ1n) is 8.48. The second-order valence-corrected chi connectivity index (χ2v) is 7.15. The second-order valence-electron chi connectivity index (χ2n) is 6.12. The molecule has 0 atom stereocenters. The van der Waals surface area contributed by atoms with Crippen molar-refractivity contribution in [2.45, 2.75) is 0 Å². The molecule has 1 N–H and O–H groups in total. The van der Waals surface area contributed by atoms with Crippen LogP contribution in [0.25, 0.3) is 0 Å². The summed E-state index contributed by atoms with van der Waals surface area (Å²) in [5, 5.41) is 10.9. The number of carbonyl (C=O) groups excluding carboxylic acids is 2. The Balaban J connectivity index is 1.64. The minimum atomic E-state index is -0.585. The number of anilines is 1. The Hall–Kier alpha value is -2.65. The van der Waals surface area contributed by atoms with Crippen molar-refractivity contribution in [3.8, 4) is 0 Å². The molecule has 9 heteroatoms. The van der Waals surface area contributed by atoms with Gasteiger partial charge in [0.15, 0.2) is 5.17 Å². The molecule has 0 aromatic heterocycles. The summed E-state index contributed by atoms with van der Waals surface area (Å²) in [6, 6.07) is 8.10. The molecule has 2 saturated heterocycles. The molecule has 0 unspecified atom stereocenters. The average Bonchev–Trinajstić information content (AvgIpc) is 3.01. The second kappa shape index (κ2) is 8.83. The van der Waals surface area contributed by atoms with Crippen LogP contribution in [-0.4, -0.2) is 68.5 Å². The van der Waals surface area contributed by atoms with E-state index in [9.17, 15) is 9.59 Å². The molecule has 2 fully saturated rings. The van der Waals surface area contributed by atoms with E-state index in [0.29, 0.717) is 5.17 Å². The fourth-order valence-electron chi connectivity index (χ4n) is 2.66. The average molecular weight is 387 g/mol. The summed E-state index contributed by atoms with van der Waals surface area (Å²) in [6.45, 7) is 4.09. The van der Waals surface area contributed by atoms with Crippen LogP contribution in [0.4, 0.5) is 5.69 Å². The molecule has 1 amide bonds. The predicted octanol–water partition coefficient (Wildman–Crippen LogP) is 1.05. The zero-order chi connectivity index (χ0) is 19.2. The van der Waals surface area contributed by atoms with Gasteiger partial charge in [0.25, 0.3) is 5.91 Å². The highest BCUT2D eigenvalue weighted by molar-refractivity contribution is 8.18. The minimum absolute atomic E-state index is 0.230. The lowest BCUT2D eigenvalue weighted by molar-refractivity contribution is -0.135. The number of amides is 1. The van der Waals surface area contributed by atoms with E-state index in [0.717, 1.165) is 55.3 Å². The maximum Gasteiger partial charge on any atom is 0.331 e. The van der Waals surface area contributed by atoms with Crippen molar-refractivity contribution in [1.82, 2.24) is 10.2 Å². The summed E-state index contributed by atoms with van der Waals surface area (Å²) >= 11 is 1.05. The van der Waals surface area contributed by atoms with Crippen LogP contribution in [0.1, 0.15) is 5.56 Å². The van der Waals surface area contributed by atoms with Crippen LogP contribution >= 0.6 is 11.8 Å². The number of ether oxygens (including phenoxy) is 1. The van der Waals surface area contributed by atoms with Crippen molar-refractivity contribution >= 4 is 40.7 Å². The first-order chi connectivity index (χ1) is 13.0. The lowest BCUT2D eigenvalue weighted by Gasteiger charge is -2.34. The molecule has 8 nitrogen and oxygen atoms in total. The third-order valence-electron chi connectivity index (χ3n) is 4.20. The summed E-state index contributed by atoms with van der Waals surface area (Å²) in [4.78, 5) is 27.9. The zero-order valence-electron chi connectivity index (χ0n) is 15.2. The third kappa shape index (κ3) is 5.18. The molecule has 2 aliphatic heterocycles. The standard InChI is InChI=1S/C18H21N5O3S/c1-22-6-8-23(9-7-22)14-5-3-4-13(10-14)12-19-21-18-20-17(25)15(27-18)11-16(24)26-2/h3-5,10-12H,6-9H2,1-2H3,(H,20,21,25)/b15-11+,19-12?. The van der Waals surface area contributed by atoms with Gasteiger partial charge in [-0.2, -0.15) is 5.10 Å². The number of hydrogen-bond donors (Lipinski definition) is 1. The number of methoxy groups -OCH3 is 1. The van der Waals surface area contributed by atoms with Gasteiger partial charge in [-0.15, -0.1) is 5.10 Å². The molecule has 27 heavy (non-hydrogen) atoms. The fourth-order valence-corrected chi connectivity index (χ4v) is 3.39. The molecule has 0 bridgehead atoms. The Morgan fingerprint density at radius 2 is 2.07 bits per heavy atom. The van der Waals surface area contributed by atoms with Crippen molar-refractivity contribution < 1.29 is 14.3 Å². The van der Waals surface area contributed by atoms with Gasteiger partial charge >= 0.3 is 5.97 Å². The number of carbonyl (C=O) groups is 2. The van der Waals surface area contributed by atoms with Crippen LogP contribution in [0.3, 0.4) is 0 Å². The fraction of sp³-hybridized carbons (Fsp3) is 0.333. The molecule has 2 aliphatic rings. The van der Waals surface area contributed by atoms with E-state index < -0.39 is 11.9 Å². The Kier molecular flexibility index (Phi) is 6.25. The van der Waals surface area contributed by atoms with Gasteiger partial charge in [0.2, 0.25) is 0 Å². The van der Waals surface area contributed by atoms with Gasteiger partial charge in [0.1, 0.15) is 0 Å². The Morgan fingerprint density at radius 1 is 1.30 bits per heavy atom. The van der Waals surface area contributed by atoms with Crippen LogP contribution in [-0.2, 0) is 14.3 Å². The van der Waals surface area contributed by atoms with Crippen LogP contribution < -0.4 is 10.2 Å². The number of likely N-dealkylation sites (N-methyl/N-ethyl adjacent to an activating group) is 1. The Morgan fingerprint density at radius 3 is 2.81 bits per heavy atom. The van der Waals surface area contributed by atoms with Gasteiger partial charge in [-0.05, 0) is 36.5 Å². The SMILES string of the molecule is COC(=O)/C=C1/S/C(=N\N=Cc2cccc(N3CCN(C)CC3)c2)NC1=O. The van der Waals surface area contributed by atoms with E-state index in [1.54, 1.807) is 6.21 Å². The van der Waals surface area contributed by atoms with E-state index >= 15 is 0 Å². The molecule has 0 aliphatic carbocycles. The summed E-state index contributed by atoms with van der Waals surface area (Å²) in [7, 11) is 3.39. The maximum absolute atomic E-state index is 11.8. The van der Waals surface area contributed by atoms with Crippen LogP contribution in [0, 0.1) is 0 Å². The normalized spacial score (nSPS) is 21.3. The summed E-state index contributed by atoms with van der Waals surface area (Å²) < 4.78 is 4.52. The molecule has 1 aromatic carbocycles. The summed E-state index contributed by atoms with van der Waals surface area (Å²) in [6.07, 6.45) is 2.77. The van der Waals surface area contributed by atoms with Gasteiger partial charge in [0.05, 0.1) is 18.2 Å². The minimum Gasteiger partial charge on any atom is -0.466 e. The topological polar surface area (TPSA) is 86.6 Å². The molecule has 0 spiro atoms. The van der Waals surface area contributed by atoms with Gasteiger partial charge in [0, 0.05) is 37.9 Å². The van der Waals surface area contributed by atoms with E-state index in [4.69, 9.17) is 0 Å². The van der Waals surface area contributed by atoms with Crippen molar-refractivity contribution in [1.29, 1.82) is 0 Å². The predicted molar refractivity (Wildman–Crippen MR) is 107 cm³/mol. The molecule has 0 radical (unpaired) electrons. The van der Waals surface area contributed by atoms with E-state index in [1.807, 2.05) is 12.1 Å². The van der Waals surface area contributed by atoms with E-state index in [-0.39, 0.29) is 4.91 Å². The van der Waals surface area contributed by atoms with Gasteiger partial charge in [-0.25, -0.2) is 4.79 Å². The van der Waals surface area contributed by atoms with Gasteiger partial charge in [-0.1, -0.05) is 12.1 Å². The number of amidine groups is 1. The lowest BCUT2D eigenvalue weighted by Crippen LogP contribution is -2.44. The number of hydrogen-bond acceptors (Lipinski definition) is 8. The monoisotopic (exact) mass is 387 g/mol. The van der Waals surface area contributed by atoms with E-state index in [2.05, 4.69) is 49.2 Å². The van der Waals surface area contributed by atoms with Crippen LogP contribution in [0.2, 0.25) is 0 Å². The van der Waals surface area contributed by atoms with E-state index in [1.165, 1.54) is 7.11 Å². The highest BCUT2D eigenvalue weighted by Crippen LogP contribution is 2.23. The van der Waals surface area contributed by atoms with Crippen molar-refractivity contribution in [2.75, 3.05) is 45.2 Å². The number of esters is 1. The highest BCUT2D eigenvalue weighted by Gasteiger charge is 2.25.